The van der Waals surface area contributed by atoms with Gasteiger partial charge in [0.2, 0.25) is 0 Å². The van der Waals surface area contributed by atoms with Gasteiger partial charge in [-0.25, -0.2) is 9.18 Å². The molecule has 2 aliphatic heterocycles. The molecule has 1 aromatic rings. The van der Waals surface area contributed by atoms with E-state index in [0.717, 1.165) is 13.1 Å². The topological polar surface area (TPSA) is 91.3 Å². The van der Waals surface area contributed by atoms with Crippen molar-refractivity contribution >= 4 is 17.7 Å². The summed E-state index contributed by atoms with van der Waals surface area (Å²) in [6, 6.07) is 2.87. The molecule has 2 N–H and O–H groups in total. The molecule has 0 radical (unpaired) electrons. The summed E-state index contributed by atoms with van der Waals surface area (Å²) in [5.41, 5.74) is 0.310. The van der Waals surface area contributed by atoms with Crippen LogP contribution in [0.1, 0.15) is 6.92 Å². The molecule has 142 valence electrons. The minimum absolute atomic E-state index is 0.295. The molecule has 2 heterocycles. The van der Waals surface area contributed by atoms with Crippen molar-refractivity contribution in [1.29, 1.82) is 0 Å². The third-order valence-corrected chi connectivity index (χ3v) is 4.55. The van der Waals surface area contributed by atoms with Crippen LogP contribution in [0.5, 0.6) is 5.75 Å². The van der Waals surface area contributed by atoms with Gasteiger partial charge >= 0.3 is 6.09 Å². The van der Waals surface area contributed by atoms with Gasteiger partial charge in [0.05, 0.1) is 18.9 Å². The summed E-state index contributed by atoms with van der Waals surface area (Å²) in [5.74, 6) is -0.602. The van der Waals surface area contributed by atoms with E-state index in [1.54, 1.807) is 6.92 Å². The lowest BCUT2D eigenvalue weighted by molar-refractivity contribution is -0.122. The van der Waals surface area contributed by atoms with Gasteiger partial charge in [-0.05, 0) is 19.1 Å². The molecule has 1 saturated heterocycles. The molecular formula is C17H22FN3O5. The highest BCUT2D eigenvalue weighted by molar-refractivity contribution is 6.00. The number of hydrogen-bond donors (Lipinski definition) is 2. The number of carboxylic acid groups (broad SMARTS) is 1. The van der Waals surface area contributed by atoms with Crippen molar-refractivity contribution in [2.24, 2.45) is 0 Å². The monoisotopic (exact) mass is 367 g/mol. The molecule has 0 aromatic heterocycles. The summed E-state index contributed by atoms with van der Waals surface area (Å²) < 4.78 is 24.8. The van der Waals surface area contributed by atoms with Crippen LogP contribution in [0.2, 0.25) is 0 Å². The smallest absolute Gasteiger partial charge is 0.405 e. The first kappa shape index (κ1) is 18.4. The highest BCUT2D eigenvalue weighted by Crippen LogP contribution is 2.33. The molecule has 9 heteroatoms. The van der Waals surface area contributed by atoms with Crippen LogP contribution in [0.4, 0.5) is 14.9 Å². The minimum atomic E-state index is -1.32. The second-order valence-corrected chi connectivity index (χ2v) is 6.31. The van der Waals surface area contributed by atoms with Crippen molar-refractivity contribution in [3.63, 3.8) is 0 Å². The van der Waals surface area contributed by atoms with Gasteiger partial charge in [-0.2, -0.15) is 0 Å². The van der Waals surface area contributed by atoms with Gasteiger partial charge in [-0.15, -0.1) is 0 Å². The van der Waals surface area contributed by atoms with E-state index in [4.69, 9.17) is 14.6 Å². The van der Waals surface area contributed by atoms with Crippen LogP contribution < -0.4 is 15.0 Å². The first-order chi connectivity index (χ1) is 12.5. The molecule has 26 heavy (non-hydrogen) atoms. The molecule has 0 aliphatic carbocycles. The Hall–Kier alpha value is -2.39. The SMILES string of the molecule is C[C@H]1Oc2ccc(F)cc2N(CCN2CCOCC2)C(=O)[C@H]1NC(=O)O. The Balaban J connectivity index is 1.87. The van der Waals surface area contributed by atoms with Crippen LogP contribution in [0, 0.1) is 5.82 Å². The molecule has 0 spiro atoms. The van der Waals surface area contributed by atoms with Crippen molar-refractivity contribution in [1.82, 2.24) is 10.2 Å². The molecule has 2 aliphatic rings. The van der Waals surface area contributed by atoms with Gasteiger partial charge in [0.1, 0.15) is 23.7 Å². The number of morpholine rings is 1. The van der Waals surface area contributed by atoms with E-state index in [1.807, 2.05) is 0 Å². The Bertz CT molecular complexity index is 680. The number of ether oxygens (including phenoxy) is 2. The lowest BCUT2D eigenvalue weighted by Crippen LogP contribution is -2.54. The average Bonchev–Trinajstić information content (AvgIpc) is 2.70. The first-order valence-electron chi connectivity index (χ1n) is 8.53. The highest BCUT2D eigenvalue weighted by Gasteiger charge is 2.37. The van der Waals surface area contributed by atoms with Crippen LogP contribution in [-0.4, -0.2) is 73.5 Å². The zero-order valence-electron chi connectivity index (χ0n) is 14.5. The average molecular weight is 367 g/mol. The lowest BCUT2D eigenvalue weighted by Gasteiger charge is -2.31. The Labute approximate surface area is 150 Å². The molecular weight excluding hydrogens is 345 g/mol. The zero-order valence-corrected chi connectivity index (χ0v) is 14.5. The van der Waals surface area contributed by atoms with Gasteiger partial charge in [0.25, 0.3) is 5.91 Å². The fraction of sp³-hybridized carbons (Fsp3) is 0.529. The Morgan fingerprint density at radius 1 is 1.35 bits per heavy atom. The normalized spacial score (nSPS) is 23.8. The Kier molecular flexibility index (Phi) is 5.58. The second kappa shape index (κ2) is 7.88. The summed E-state index contributed by atoms with van der Waals surface area (Å²) >= 11 is 0. The molecule has 1 aromatic carbocycles. The molecule has 0 unspecified atom stereocenters. The van der Waals surface area contributed by atoms with Gasteiger partial charge < -0.3 is 24.8 Å². The number of halogens is 1. The van der Waals surface area contributed by atoms with Gasteiger partial charge in [0.15, 0.2) is 0 Å². The van der Waals surface area contributed by atoms with E-state index in [2.05, 4.69) is 10.2 Å². The number of carbonyl (C=O) groups excluding carboxylic acids is 1. The Morgan fingerprint density at radius 2 is 2.08 bits per heavy atom. The summed E-state index contributed by atoms with van der Waals surface area (Å²) in [7, 11) is 0. The predicted molar refractivity (Wildman–Crippen MR) is 91.1 cm³/mol. The fourth-order valence-electron chi connectivity index (χ4n) is 3.17. The Morgan fingerprint density at radius 3 is 2.77 bits per heavy atom. The molecule has 2 amide bonds. The van der Waals surface area contributed by atoms with E-state index >= 15 is 0 Å². The number of amides is 2. The minimum Gasteiger partial charge on any atom is -0.486 e. The standard InChI is InChI=1S/C17H22FN3O5/c1-11-15(19-17(23)24)16(22)21(5-4-20-6-8-25-9-7-20)13-10-12(18)2-3-14(13)26-11/h2-3,10-11,15,19H,4-9H2,1H3,(H,23,24)/t11-,15+/m1/s1. The number of anilines is 1. The quantitative estimate of drug-likeness (QED) is 0.822. The predicted octanol–water partition coefficient (Wildman–Crippen LogP) is 0.908. The molecule has 8 nitrogen and oxygen atoms in total. The van der Waals surface area contributed by atoms with Gasteiger partial charge in [-0.1, -0.05) is 0 Å². The molecule has 3 rings (SSSR count). The molecule has 2 atom stereocenters. The van der Waals surface area contributed by atoms with Crippen LogP contribution in [0.15, 0.2) is 18.2 Å². The number of rotatable bonds is 4. The van der Waals surface area contributed by atoms with Crippen LogP contribution in [0.3, 0.4) is 0 Å². The van der Waals surface area contributed by atoms with Gasteiger partial charge in [0, 0.05) is 32.2 Å². The van der Waals surface area contributed by atoms with E-state index in [9.17, 15) is 14.0 Å². The molecule has 1 fully saturated rings. The van der Waals surface area contributed by atoms with Gasteiger partial charge in [-0.3, -0.25) is 9.69 Å². The number of carbonyl (C=O) groups is 2. The number of fused-ring (bicyclic) bond motifs is 1. The number of hydrogen-bond acceptors (Lipinski definition) is 5. The molecule has 0 saturated carbocycles. The number of nitrogens with one attached hydrogen (secondary N) is 1. The number of benzene rings is 1. The third-order valence-electron chi connectivity index (χ3n) is 4.55. The zero-order chi connectivity index (χ0) is 18.7. The van der Waals surface area contributed by atoms with E-state index in [0.29, 0.717) is 37.7 Å². The maximum absolute atomic E-state index is 13.8. The maximum atomic E-state index is 13.8. The summed E-state index contributed by atoms with van der Waals surface area (Å²) in [6.45, 7) is 5.23. The van der Waals surface area contributed by atoms with Crippen molar-refractivity contribution in [2.45, 2.75) is 19.1 Å². The van der Waals surface area contributed by atoms with E-state index in [-0.39, 0.29) is 0 Å². The maximum Gasteiger partial charge on any atom is 0.405 e. The van der Waals surface area contributed by atoms with Crippen LogP contribution in [-0.2, 0) is 9.53 Å². The summed E-state index contributed by atoms with van der Waals surface area (Å²) in [6.07, 6.45) is -2.04. The molecule has 0 bridgehead atoms. The van der Waals surface area contributed by atoms with Crippen molar-refractivity contribution < 1.29 is 28.6 Å². The lowest BCUT2D eigenvalue weighted by atomic mass is 10.1. The second-order valence-electron chi connectivity index (χ2n) is 6.31. The van der Waals surface area contributed by atoms with Crippen molar-refractivity contribution in [2.75, 3.05) is 44.3 Å². The largest absolute Gasteiger partial charge is 0.486 e. The summed E-state index contributed by atoms with van der Waals surface area (Å²) in [4.78, 5) is 27.6. The fourth-order valence-corrected chi connectivity index (χ4v) is 3.17. The van der Waals surface area contributed by atoms with Crippen molar-refractivity contribution in [3.05, 3.63) is 24.0 Å². The first-order valence-corrected chi connectivity index (χ1v) is 8.53. The highest BCUT2D eigenvalue weighted by atomic mass is 19.1. The summed E-state index contributed by atoms with van der Waals surface area (Å²) in [5, 5.41) is 11.3. The number of nitrogens with zero attached hydrogens (tertiary/aromatic N) is 2. The van der Waals surface area contributed by atoms with Crippen LogP contribution >= 0.6 is 0 Å². The van der Waals surface area contributed by atoms with Crippen molar-refractivity contribution in [3.8, 4) is 5.75 Å². The third kappa shape index (κ3) is 4.05. The van der Waals surface area contributed by atoms with E-state index < -0.39 is 30.0 Å². The van der Waals surface area contributed by atoms with E-state index in [1.165, 1.54) is 23.1 Å². The van der Waals surface area contributed by atoms with Crippen LogP contribution in [0.25, 0.3) is 0 Å².